The molecule has 0 spiro atoms. The summed E-state index contributed by atoms with van der Waals surface area (Å²) in [4.78, 5) is 36.4. The van der Waals surface area contributed by atoms with Gasteiger partial charge in [-0.25, -0.2) is 9.97 Å². The number of carbonyl (C=O) groups is 1. The van der Waals surface area contributed by atoms with Gasteiger partial charge in [-0.1, -0.05) is 65.4 Å². The molecule has 40 heavy (non-hydrogen) atoms. The van der Waals surface area contributed by atoms with Crippen LogP contribution >= 0.6 is 11.3 Å². The summed E-state index contributed by atoms with van der Waals surface area (Å²) in [5.41, 5.74) is 5.50. The number of amides is 1. The SMILES string of the molecule is CCn1c(=N)c(-c2nc(-c3ccc(C)cc3)c(NC(=O)c3ccccc3)s2)cc2c(=O)n3cc(C)ccc3nc21. The van der Waals surface area contributed by atoms with Crippen LogP contribution in [0.25, 0.3) is 38.5 Å². The number of hydrogen-bond donors (Lipinski definition) is 2. The van der Waals surface area contributed by atoms with Crippen LogP contribution in [0.4, 0.5) is 5.00 Å². The number of carbonyl (C=O) groups excluding carboxylic acids is 1. The van der Waals surface area contributed by atoms with E-state index in [-0.39, 0.29) is 17.0 Å². The molecule has 6 rings (SSSR count). The van der Waals surface area contributed by atoms with E-state index in [1.165, 1.54) is 15.7 Å². The number of nitrogens with one attached hydrogen (secondary N) is 2. The Morgan fingerprint density at radius 1 is 0.975 bits per heavy atom. The van der Waals surface area contributed by atoms with E-state index in [0.29, 0.717) is 50.1 Å². The lowest BCUT2D eigenvalue weighted by molar-refractivity contribution is 0.102. The molecule has 0 atom stereocenters. The molecule has 0 unspecified atom stereocenters. The van der Waals surface area contributed by atoms with Crippen molar-refractivity contribution in [1.82, 2.24) is 18.9 Å². The summed E-state index contributed by atoms with van der Waals surface area (Å²) in [5.74, 6) is -0.248. The van der Waals surface area contributed by atoms with E-state index in [9.17, 15) is 9.59 Å². The minimum Gasteiger partial charge on any atom is -0.312 e. The monoisotopic (exact) mass is 546 g/mol. The molecule has 0 aliphatic carbocycles. The van der Waals surface area contributed by atoms with E-state index in [1.54, 1.807) is 29.0 Å². The average Bonchev–Trinajstić information content (AvgIpc) is 3.37. The van der Waals surface area contributed by atoms with Gasteiger partial charge in [0.15, 0.2) is 0 Å². The van der Waals surface area contributed by atoms with Crippen LogP contribution in [0.1, 0.15) is 28.4 Å². The molecule has 0 aliphatic heterocycles. The zero-order valence-corrected chi connectivity index (χ0v) is 23.0. The minimum atomic E-state index is -0.248. The van der Waals surface area contributed by atoms with Crippen molar-refractivity contribution in [1.29, 1.82) is 5.41 Å². The predicted molar refractivity (Wildman–Crippen MR) is 159 cm³/mol. The first kappa shape index (κ1) is 25.4. The maximum Gasteiger partial charge on any atom is 0.267 e. The summed E-state index contributed by atoms with van der Waals surface area (Å²) in [6.45, 7) is 6.31. The highest BCUT2D eigenvalue weighted by Crippen LogP contribution is 2.38. The fraction of sp³-hybridized carbons (Fsp3) is 0.129. The molecular formula is C31H26N6O2S. The molecule has 0 fully saturated rings. The predicted octanol–water partition coefficient (Wildman–Crippen LogP) is 5.81. The average molecular weight is 547 g/mol. The van der Waals surface area contributed by atoms with Crippen molar-refractivity contribution < 1.29 is 4.79 Å². The van der Waals surface area contributed by atoms with Crippen molar-refractivity contribution in [3.05, 3.63) is 112 Å². The number of benzene rings is 2. The van der Waals surface area contributed by atoms with E-state index >= 15 is 0 Å². The largest absolute Gasteiger partial charge is 0.312 e. The summed E-state index contributed by atoms with van der Waals surface area (Å²) < 4.78 is 3.26. The Balaban J connectivity index is 1.57. The molecule has 198 valence electrons. The van der Waals surface area contributed by atoms with Gasteiger partial charge in [0.1, 0.15) is 32.5 Å². The van der Waals surface area contributed by atoms with Crippen LogP contribution in [0.5, 0.6) is 0 Å². The number of aryl methyl sites for hydroxylation is 3. The van der Waals surface area contributed by atoms with Gasteiger partial charge < -0.3 is 9.88 Å². The summed E-state index contributed by atoms with van der Waals surface area (Å²) >= 11 is 1.28. The van der Waals surface area contributed by atoms with Crippen LogP contribution < -0.4 is 16.4 Å². The molecule has 0 bridgehead atoms. The first-order valence-corrected chi connectivity index (χ1v) is 13.7. The summed E-state index contributed by atoms with van der Waals surface area (Å²) in [7, 11) is 0. The lowest BCUT2D eigenvalue weighted by Crippen LogP contribution is -2.26. The topological polar surface area (TPSA) is 105 Å². The van der Waals surface area contributed by atoms with Crippen LogP contribution in [0.15, 0.2) is 83.8 Å². The Bertz CT molecular complexity index is 2040. The number of nitrogens with zero attached hydrogens (tertiary/aromatic N) is 4. The molecule has 9 heteroatoms. The standard InChI is InChI=1S/C31H26N6O2S/c1-4-36-26(32)22(16-23-27(36)33-24-15-12-19(3)17-37(24)31(23)39)29-34-25(20-13-10-18(2)11-14-20)30(40-29)35-28(38)21-8-6-5-7-9-21/h5-17,32H,4H2,1-3H3,(H,35,38). The van der Waals surface area contributed by atoms with Crippen molar-refractivity contribution in [3.8, 4) is 21.8 Å². The van der Waals surface area contributed by atoms with Crippen LogP contribution in [0.2, 0.25) is 0 Å². The summed E-state index contributed by atoms with van der Waals surface area (Å²) in [6, 6.07) is 22.3. The summed E-state index contributed by atoms with van der Waals surface area (Å²) in [6.07, 6.45) is 1.77. The molecule has 0 saturated heterocycles. The van der Waals surface area contributed by atoms with Gasteiger partial charge in [-0.05, 0) is 50.6 Å². The first-order valence-electron chi connectivity index (χ1n) is 12.9. The Kier molecular flexibility index (Phi) is 6.36. The van der Waals surface area contributed by atoms with E-state index in [4.69, 9.17) is 15.4 Å². The van der Waals surface area contributed by atoms with Gasteiger partial charge in [-0.3, -0.25) is 19.4 Å². The summed E-state index contributed by atoms with van der Waals surface area (Å²) in [5, 5.41) is 13.6. The molecule has 6 aromatic rings. The third-order valence-corrected chi connectivity index (χ3v) is 7.82. The van der Waals surface area contributed by atoms with Crippen LogP contribution in [-0.4, -0.2) is 24.8 Å². The van der Waals surface area contributed by atoms with Gasteiger partial charge >= 0.3 is 0 Å². The van der Waals surface area contributed by atoms with Crippen molar-refractivity contribution in [2.75, 3.05) is 5.32 Å². The molecule has 0 aliphatic rings. The molecule has 8 nitrogen and oxygen atoms in total. The lowest BCUT2D eigenvalue weighted by Gasteiger charge is -2.12. The number of thiazole rings is 1. The van der Waals surface area contributed by atoms with Gasteiger partial charge in [0.2, 0.25) is 0 Å². The van der Waals surface area contributed by atoms with Crippen molar-refractivity contribution >= 4 is 38.9 Å². The number of fused-ring (bicyclic) bond motifs is 2. The van der Waals surface area contributed by atoms with Crippen LogP contribution in [0, 0.1) is 19.3 Å². The second-order valence-corrected chi connectivity index (χ2v) is 10.6. The maximum atomic E-state index is 13.6. The number of aromatic nitrogens is 4. The van der Waals surface area contributed by atoms with Crippen LogP contribution in [-0.2, 0) is 6.54 Å². The molecule has 2 N–H and O–H groups in total. The number of anilines is 1. The van der Waals surface area contributed by atoms with Gasteiger partial charge in [0.25, 0.3) is 11.5 Å². The van der Waals surface area contributed by atoms with Crippen molar-refractivity contribution in [2.45, 2.75) is 27.3 Å². The minimum absolute atomic E-state index is 0.198. The highest BCUT2D eigenvalue weighted by molar-refractivity contribution is 7.19. The number of rotatable bonds is 5. The Morgan fingerprint density at radius 2 is 1.70 bits per heavy atom. The number of pyridine rings is 2. The van der Waals surface area contributed by atoms with E-state index in [1.807, 2.05) is 75.4 Å². The van der Waals surface area contributed by atoms with Crippen molar-refractivity contribution in [3.63, 3.8) is 0 Å². The van der Waals surface area contributed by atoms with E-state index < -0.39 is 0 Å². The third kappa shape index (κ3) is 4.40. The Hall–Kier alpha value is -4.89. The zero-order valence-electron chi connectivity index (χ0n) is 22.2. The molecule has 0 radical (unpaired) electrons. The fourth-order valence-electron chi connectivity index (χ4n) is 4.71. The highest BCUT2D eigenvalue weighted by atomic mass is 32.1. The second kappa shape index (κ2) is 10.0. The second-order valence-electron chi connectivity index (χ2n) is 9.62. The quantitative estimate of drug-likeness (QED) is 0.266. The lowest BCUT2D eigenvalue weighted by atomic mass is 10.1. The number of hydrogen-bond acceptors (Lipinski definition) is 6. The smallest absolute Gasteiger partial charge is 0.267 e. The molecular weight excluding hydrogens is 520 g/mol. The molecule has 0 saturated carbocycles. The molecule has 4 heterocycles. The normalized spacial score (nSPS) is 11.3. The van der Waals surface area contributed by atoms with E-state index in [2.05, 4.69) is 5.32 Å². The Labute approximate surface area is 233 Å². The van der Waals surface area contributed by atoms with Gasteiger partial charge in [0.05, 0.1) is 10.9 Å². The van der Waals surface area contributed by atoms with E-state index in [0.717, 1.165) is 16.7 Å². The Morgan fingerprint density at radius 3 is 2.42 bits per heavy atom. The third-order valence-electron chi connectivity index (χ3n) is 6.82. The highest BCUT2D eigenvalue weighted by Gasteiger charge is 2.21. The zero-order chi connectivity index (χ0) is 28.0. The maximum absolute atomic E-state index is 13.6. The molecule has 2 aromatic carbocycles. The fourth-order valence-corrected chi connectivity index (χ4v) is 5.71. The van der Waals surface area contributed by atoms with Gasteiger partial charge in [-0.2, -0.15) is 0 Å². The molecule has 1 amide bonds. The molecule has 4 aromatic heterocycles. The van der Waals surface area contributed by atoms with Crippen molar-refractivity contribution in [2.24, 2.45) is 0 Å². The van der Waals surface area contributed by atoms with Gasteiger partial charge in [0, 0.05) is 23.9 Å². The van der Waals surface area contributed by atoms with Gasteiger partial charge in [-0.15, -0.1) is 0 Å². The first-order chi connectivity index (χ1) is 19.3. The van der Waals surface area contributed by atoms with Crippen LogP contribution in [0.3, 0.4) is 0 Å².